The molecule has 2 aromatic carbocycles. The summed E-state index contributed by atoms with van der Waals surface area (Å²) in [6.07, 6.45) is 8.47. The van der Waals surface area contributed by atoms with E-state index in [1.807, 2.05) is 32.0 Å². The number of nitrogens with zero attached hydrogens (tertiary/aromatic N) is 1. The molecule has 5 rings (SSSR count). The first-order chi connectivity index (χ1) is 16.4. The van der Waals surface area contributed by atoms with Crippen LogP contribution in [0.1, 0.15) is 71.8 Å². The van der Waals surface area contributed by atoms with Gasteiger partial charge in [-0.1, -0.05) is 36.4 Å². The monoisotopic (exact) mass is 454 g/mol. The summed E-state index contributed by atoms with van der Waals surface area (Å²) >= 11 is 0. The van der Waals surface area contributed by atoms with Crippen LogP contribution < -0.4 is 5.32 Å². The minimum absolute atomic E-state index is 0.00955. The van der Waals surface area contributed by atoms with E-state index >= 15 is 0 Å². The Morgan fingerprint density at radius 3 is 2.74 bits per heavy atom. The molecule has 2 N–H and O–H groups in total. The summed E-state index contributed by atoms with van der Waals surface area (Å²) in [7, 11) is 0. The molecule has 0 unspecified atom stereocenters. The van der Waals surface area contributed by atoms with Crippen LogP contribution in [0.3, 0.4) is 0 Å². The zero-order valence-corrected chi connectivity index (χ0v) is 20.2. The molecule has 0 saturated heterocycles. The predicted octanol–water partition coefficient (Wildman–Crippen LogP) is 6.01. The average molecular weight is 455 g/mol. The minimum atomic E-state index is -0.600. The lowest BCUT2D eigenvalue weighted by molar-refractivity contribution is -0.0330. The van der Waals surface area contributed by atoms with Crippen molar-refractivity contribution < 1.29 is 9.90 Å². The van der Waals surface area contributed by atoms with E-state index in [4.69, 9.17) is 0 Å². The maximum atomic E-state index is 13.1. The smallest absolute Gasteiger partial charge is 0.255 e. The topological polar surface area (TPSA) is 62.2 Å². The summed E-state index contributed by atoms with van der Waals surface area (Å²) in [5.74, 6) is 0.332. The van der Waals surface area contributed by atoms with Gasteiger partial charge in [0.2, 0.25) is 0 Å². The highest BCUT2D eigenvalue weighted by Crippen LogP contribution is 2.53. The van der Waals surface area contributed by atoms with Crippen molar-refractivity contribution in [2.45, 2.75) is 69.8 Å². The lowest BCUT2D eigenvalue weighted by Crippen LogP contribution is -2.47. The predicted molar refractivity (Wildman–Crippen MR) is 136 cm³/mol. The third-order valence-corrected chi connectivity index (χ3v) is 8.10. The second-order valence-corrected chi connectivity index (χ2v) is 10.6. The molecule has 34 heavy (non-hydrogen) atoms. The number of amides is 1. The Hall–Kier alpha value is -2.98. The fraction of sp³-hybridized carbons (Fsp3) is 0.400. The number of hydrogen-bond donors (Lipinski definition) is 2. The second-order valence-electron chi connectivity index (χ2n) is 10.6. The summed E-state index contributed by atoms with van der Waals surface area (Å²) < 4.78 is 0. The van der Waals surface area contributed by atoms with Gasteiger partial charge in [0.25, 0.3) is 5.91 Å². The number of nitrogens with one attached hydrogen (secondary N) is 1. The molecule has 4 heteroatoms. The van der Waals surface area contributed by atoms with Gasteiger partial charge in [-0.2, -0.15) is 0 Å². The fourth-order valence-electron chi connectivity index (χ4n) is 6.32. The zero-order chi connectivity index (χ0) is 23.8. The van der Waals surface area contributed by atoms with Crippen molar-refractivity contribution in [3.63, 3.8) is 0 Å². The molecule has 176 valence electrons. The van der Waals surface area contributed by atoms with Crippen LogP contribution >= 0.6 is 0 Å². The minimum Gasteiger partial charge on any atom is -0.390 e. The number of hydrogen-bond acceptors (Lipinski definition) is 3. The molecule has 4 nitrogen and oxygen atoms in total. The van der Waals surface area contributed by atoms with Crippen molar-refractivity contribution >= 4 is 11.6 Å². The molecule has 3 atom stereocenters. The van der Waals surface area contributed by atoms with E-state index in [2.05, 4.69) is 52.8 Å². The highest BCUT2D eigenvalue weighted by molar-refractivity contribution is 6.04. The average Bonchev–Trinajstić information content (AvgIpc) is 2.97. The maximum Gasteiger partial charge on any atom is 0.255 e. The molecule has 0 bridgehead atoms. The fourth-order valence-corrected chi connectivity index (χ4v) is 6.32. The Labute approximate surface area is 202 Å². The Kier molecular flexibility index (Phi) is 6.03. The van der Waals surface area contributed by atoms with Gasteiger partial charge < -0.3 is 10.4 Å². The molecule has 2 aliphatic rings. The molecule has 1 amide bonds. The molecule has 1 aromatic heterocycles. The third-order valence-electron chi connectivity index (χ3n) is 8.10. The van der Waals surface area contributed by atoms with Crippen LogP contribution in [0.2, 0.25) is 0 Å². The van der Waals surface area contributed by atoms with Gasteiger partial charge in [0.15, 0.2) is 0 Å². The van der Waals surface area contributed by atoms with Gasteiger partial charge in [0.05, 0.1) is 17.0 Å². The normalized spacial score (nSPS) is 26.1. The highest BCUT2D eigenvalue weighted by atomic mass is 16.3. The molecule has 3 aromatic rings. The summed E-state index contributed by atoms with van der Waals surface area (Å²) in [6.45, 7) is 3.90. The molecule has 1 heterocycles. The zero-order valence-electron chi connectivity index (χ0n) is 20.2. The first kappa shape index (κ1) is 22.8. The quantitative estimate of drug-likeness (QED) is 0.507. The van der Waals surface area contributed by atoms with Crippen molar-refractivity contribution in [1.82, 2.24) is 4.98 Å². The van der Waals surface area contributed by atoms with E-state index in [9.17, 15) is 9.90 Å². The summed E-state index contributed by atoms with van der Waals surface area (Å²) in [5.41, 5.74) is 5.65. The van der Waals surface area contributed by atoms with Crippen LogP contribution in [0, 0.1) is 12.8 Å². The van der Waals surface area contributed by atoms with Gasteiger partial charge in [-0.25, -0.2) is 0 Å². The van der Waals surface area contributed by atoms with Crippen LogP contribution in [0.4, 0.5) is 5.69 Å². The van der Waals surface area contributed by atoms with E-state index in [0.29, 0.717) is 11.5 Å². The van der Waals surface area contributed by atoms with E-state index < -0.39 is 5.60 Å². The number of aliphatic hydroxyl groups is 1. The lowest BCUT2D eigenvalue weighted by Gasteiger charge is -2.49. The Bertz CT molecular complexity index is 1190. The first-order valence-corrected chi connectivity index (χ1v) is 12.5. The molecule has 1 saturated carbocycles. The van der Waals surface area contributed by atoms with Crippen molar-refractivity contribution in [3.8, 4) is 0 Å². The van der Waals surface area contributed by atoms with Gasteiger partial charge in [0, 0.05) is 17.2 Å². The van der Waals surface area contributed by atoms with Crippen LogP contribution in [-0.2, 0) is 18.3 Å². The second kappa shape index (κ2) is 8.99. The summed E-state index contributed by atoms with van der Waals surface area (Å²) in [4.78, 5) is 17.4. The molecule has 0 radical (unpaired) electrons. The SMILES string of the molecule is Cc1ncccc1NC(=O)c1ccc2c(c1)CCC[C@H]1C[C@](C)(O)CC[C@]21Cc1ccccc1. The van der Waals surface area contributed by atoms with Gasteiger partial charge in [-0.05, 0) is 106 Å². The van der Waals surface area contributed by atoms with Crippen molar-refractivity contribution in [1.29, 1.82) is 0 Å². The molecular formula is C30H34N2O2. The number of rotatable bonds is 4. The molecule has 0 aliphatic heterocycles. The largest absolute Gasteiger partial charge is 0.390 e. The first-order valence-electron chi connectivity index (χ1n) is 12.5. The number of aryl methyl sites for hydroxylation is 2. The van der Waals surface area contributed by atoms with Crippen molar-refractivity contribution in [2.75, 3.05) is 5.32 Å². The Morgan fingerprint density at radius 1 is 1.12 bits per heavy atom. The van der Waals surface area contributed by atoms with Crippen LogP contribution in [-0.4, -0.2) is 21.6 Å². The lowest BCUT2D eigenvalue weighted by atomic mass is 9.56. The molecule has 2 aliphatic carbocycles. The van der Waals surface area contributed by atoms with Crippen LogP contribution in [0.15, 0.2) is 66.9 Å². The summed E-state index contributed by atoms with van der Waals surface area (Å²) in [6, 6.07) is 20.8. The number of aromatic nitrogens is 1. The van der Waals surface area contributed by atoms with E-state index in [0.717, 1.165) is 56.3 Å². The maximum absolute atomic E-state index is 13.1. The summed E-state index contributed by atoms with van der Waals surface area (Å²) in [5, 5.41) is 14.0. The van der Waals surface area contributed by atoms with Crippen LogP contribution in [0.25, 0.3) is 0 Å². The van der Waals surface area contributed by atoms with Gasteiger partial charge in [0.1, 0.15) is 0 Å². The Morgan fingerprint density at radius 2 is 1.94 bits per heavy atom. The molecule has 0 spiro atoms. The van der Waals surface area contributed by atoms with Crippen molar-refractivity contribution in [2.24, 2.45) is 5.92 Å². The van der Waals surface area contributed by atoms with Gasteiger partial charge in [-0.15, -0.1) is 0 Å². The number of carbonyl (C=O) groups is 1. The van der Waals surface area contributed by atoms with Gasteiger partial charge in [-0.3, -0.25) is 9.78 Å². The number of benzene rings is 2. The standard InChI is InChI=1S/C30H34N2O2/c1-21-27(12-7-17-31-21)32-28(33)24-13-14-26-23(18-24)10-6-11-25-20-29(2,34)15-16-30(25,26)19-22-8-4-3-5-9-22/h3-5,7-9,12-14,17-18,25,34H,6,10-11,15-16,19-20H2,1-2H3,(H,32,33)/t25-,29+,30+/m0/s1. The third kappa shape index (κ3) is 4.39. The number of pyridine rings is 1. The number of fused-ring (bicyclic) bond motifs is 3. The van der Waals surface area contributed by atoms with E-state index in [-0.39, 0.29) is 11.3 Å². The number of anilines is 1. The van der Waals surface area contributed by atoms with E-state index in [1.54, 1.807) is 6.20 Å². The highest BCUT2D eigenvalue weighted by Gasteiger charge is 2.49. The van der Waals surface area contributed by atoms with Gasteiger partial charge >= 0.3 is 0 Å². The van der Waals surface area contributed by atoms with Crippen molar-refractivity contribution in [3.05, 3.63) is 94.8 Å². The van der Waals surface area contributed by atoms with Crippen LogP contribution in [0.5, 0.6) is 0 Å². The number of carbonyl (C=O) groups excluding carboxylic acids is 1. The molecule has 1 fully saturated rings. The Balaban J connectivity index is 1.52. The molecular weight excluding hydrogens is 420 g/mol. The van der Waals surface area contributed by atoms with E-state index in [1.165, 1.54) is 16.7 Å².